The van der Waals surface area contributed by atoms with Gasteiger partial charge in [0.25, 0.3) is 0 Å². The third-order valence-electron chi connectivity index (χ3n) is 2.49. The predicted octanol–water partition coefficient (Wildman–Crippen LogP) is 3.10. The minimum atomic E-state index is -0.125. The fourth-order valence-electron chi connectivity index (χ4n) is 1.51. The summed E-state index contributed by atoms with van der Waals surface area (Å²) in [5.74, 6) is 1.24. The van der Waals surface area contributed by atoms with E-state index >= 15 is 0 Å². The Hall–Kier alpha value is -2.51. The van der Waals surface area contributed by atoms with Gasteiger partial charge in [0.05, 0.1) is 13.2 Å². The Bertz CT molecular complexity index is 586. The first-order valence-corrected chi connectivity index (χ1v) is 5.37. The Morgan fingerprint density at radius 2 is 1.78 bits per heavy atom. The fourth-order valence-corrected chi connectivity index (χ4v) is 1.51. The molecule has 0 aliphatic heterocycles. The molecule has 0 saturated carbocycles. The standard InChI is InChI=1S/C14H12N2O2/c1-16-11-2-4-12(5-3-11)18-13-6-7-14(15)10(8-13)9-17/h2-8,17H,9,15H2. The maximum absolute atomic E-state index is 9.11. The average molecular weight is 240 g/mol. The first-order valence-electron chi connectivity index (χ1n) is 5.37. The molecule has 0 atom stereocenters. The van der Waals surface area contributed by atoms with E-state index in [4.69, 9.17) is 22.1 Å². The summed E-state index contributed by atoms with van der Waals surface area (Å²) in [6.07, 6.45) is 0. The number of anilines is 1. The Balaban J connectivity index is 2.20. The monoisotopic (exact) mass is 240 g/mol. The van der Waals surface area contributed by atoms with Crippen molar-refractivity contribution in [1.29, 1.82) is 0 Å². The number of aliphatic hydroxyl groups excluding tert-OH is 1. The highest BCUT2D eigenvalue weighted by atomic mass is 16.5. The van der Waals surface area contributed by atoms with Gasteiger partial charge in [-0.2, -0.15) is 0 Å². The molecule has 0 heterocycles. The zero-order valence-corrected chi connectivity index (χ0v) is 9.63. The summed E-state index contributed by atoms with van der Waals surface area (Å²) in [7, 11) is 0. The van der Waals surface area contributed by atoms with Crippen LogP contribution < -0.4 is 10.5 Å². The molecule has 2 aromatic rings. The van der Waals surface area contributed by atoms with Gasteiger partial charge in [0.2, 0.25) is 0 Å². The summed E-state index contributed by atoms with van der Waals surface area (Å²) in [6.45, 7) is 6.73. The third kappa shape index (κ3) is 2.59. The largest absolute Gasteiger partial charge is 0.457 e. The molecular weight excluding hydrogens is 228 g/mol. The van der Waals surface area contributed by atoms with Crippen LogP contribution in [-0.4, -0.2) is 5.11 Å². The van der Waals surface area contributed by atoms with Gasteiger partial charge in [-0.05, 0) is 30.3 Å². The summed E-state index contributed by atoms with van der Waals surface area (Å²) >= 11 is 0. The lowest BCUT2D eigenvalue weighted by atomic mass is 10.2. The Kier molecular flexibility index (Phi) is 3.46. The average Bonchev–Trinajstić information content (AvgIpc) is 2.42. The van der Waals surface area contributed by atoms with Crippen LogP contribution in [0.15, 0.2) is 42.5 Å². The molecule has 0 amide bonds. The first kappa shape index (κ1) is 12.0. The zero-order valence-electron chi connectivity index (χ0n) is 9.63. The quantitative estimate of drug-likeness (QED) is 0.640. The van der Waals surface area contributed by atoms with Crippen molar-refractivity contribution in [2.45, 2.75) is 6.61 Å². The van der Waals surface area contributed by atoms with Gasteiger partial charge in [0, 0.05) is 11.3 Å². The first-order chi connectivity index (χ1) is 8.72. The number of aliphatic hydroxyl groups is 1. The summed E-state index contributed by atoms with van der Waals surface area (Å²) in [6, 6.07) is 11.9. The van der Waals surface area contributed by atoms with Crippen LogP contribution in [0.3, 0.4) is 0 Å². The van der Waals surface area contributed by atoms with Gasteiger partial charge in [0.1, 0.15) is 11.5 Å². The molecule has 18 heavy (non-hydrogen) atoms. The van der Waals surface area contributed by atoms with E-state index in [1.807, 2.05) is 0 Å². The fraction of sp³-hybridized carbons (Fsp3) is 0.0714. The van der Waals surface area contributed by atoms with E-state index in [1.54, 1.807) is 42.5 Å². The minimum Gasteiger partial charge on any atom is -0.457 e. The maximum atomic E-state index is 9.11. The van der Waals surface area contributed by atoms with E-state index in [2.05, 4.69) is 4.85 Å². The second kappa shape index (κ2) is 5.21. The SMILES string of the molecule is [C-]#[N+]c1ccc(Oc2ccc(N)c(CO)c2)cc1. The Morgan fingerprint density at radius 1 is 1.11 bits per heavy atom. The van der Waals surface area contributed by atoms with Gasteiger partial charge < -0.3 is 15.6 Å². The van der Waals surface area contributed by atoms with Crippen LogP contribution in [0.25, 0.3) is 4.85 Å². The number of benzene rings is 2. The van der Waals surface area contributed by atoms with Crippen molar-refractivity contribution >= 4 is 11.4 Å². The maximum Gasteiger partial charge on any atom is 0.187 e. The lowest BCUT2D eigenvalue weighted by Gasteiger charge is -2.08. The number of hydrogen-bond donors (Lipinski definition) is 2. The highest BCUT2D eigenvalue weighted by Gasteiger charge is 2.02. The molecule has 0 aliphatic carbocycles. The summed E-state index contributed by atoms with van der Waals surface area (Å²) in [4.78, 5) is 3.30. The summed E-state index contributed by atoms with van der Waals surface area (Å²) in [5.41, 5.74) is 7.41. The second-order valence-electron chi connectivity index (χ2n) is 3.73. The van der Waals surface area contributed by atoms with Gasteiger partial charge >= 0.3 is 0 Å². The van der Waals surface area contributed by atoms with Crippen molar-refractivity contribution in [3.8, 4) is 11.5 Å². The van der Waals surface area contributed by atoms with E-state index < -0.39 is 0 Å². The van der Waals surface area contributed by atoms with Crippen molar-refractivity contribution in [2.24, 2.45) is 0 Å². The molecule has 0 unspecified atom stereocenters. The normalized spacial score (nSPS) is 9.78. The highest BCUT2D eigenvalue weighted by molar-refractivity contribution is 5.52. The molecule has 0 saturated heterocycles. The van der Waals surface area contributed by atoms with Crippen LogP contribution in [0.2, 0.25) is 0 Å². The van der Waals surface area contributed by atoms with Crippen LogP contribution >= 0.6 is 0 Å². The van der Waals surface area contributed by atoms with E-state index in [0.29, 0.717) is 28.4 Å². The number of nitrogens with zero attached hydrogens (tertiary/aromatic N) is 1. The molecular formula is C14H12N2O2. The van der Waals surface area contributed by atoms with Crippen molar-refractivity contribution in [3.05, 3.63) is 59.4 Å². The molecule has 0 spiro atoms. The van der Waals surface area contributed by atoms with Crippen LogP contribution in [-0.2, 0) is 6.61 Å². The van der Waals surface area contributed by atoms with Crippen LogP contribution in [0.5, 0.6) is 11.5 Å². The van der Waals surface area contributed by atoms with Gasteiger partial charge in [-0.25, -0.2) is 4.85 Å². The van der Waals surface area contributed by atoms with Crippen molar-refractivity contribution in [3.63, 3.8) is 0 Å². The molecule has 0 aromatic heterocycles. The Labute approximate surface area is 105 Å². The van der Waals surface area contributed by atoms with E-state index in [0.717, 1.165) is 0 Å². The zero-order chi connectivity index (χ0) is 13.0. The van der Waals surface area contributed by atoms with Crippen molar-refractivity contribution < 1.29 is 9.84 Å². The van der Waals surface area contributed by atoms with Crippen LogP contribution in [0.1, 0.15) is 5.56 Å². The number of nitrogens with two attached hydrogens (primary N) is 1. The third-order valence-corrected chi connectivity index (χ3v) is 2.49. The van der Waals surface area contributed by atoms with E-state index in [-0.39, 0.29) is 6.61 Å². The molecule has 4 heteroatoms. The number of rotatable bonds is 3. The smallest absolute Gasteiger partial charge is 0.187 e. The van der Waals surface area contributed by atoms with Gasteiger partial charge in [-0.15, -0.1) is 0 Å². The van der Waals surface area contributed by atoms with E-state index in [9.17, 15) is 0 Å². The number of ether oxygens (including phenoxy) is 1. The molecule has 4 nitrogen and oxygen atoms in total. The topological polar surface area (TPSA) is 59.8 Å². The number of hydrogen-bond acceptors (Lipinski definition) is 3. The number of nitrogen functional groups attached to an aromatic ring is 1. The molecule has 0 fully saturated rings. The van der Waals surface area contributed by atoms with Crippen molar-refractivity contribution in [1.82, 2.24) is 0 Å². The van der Waals surface area contributed by atoms with Gasteiger partial charge in [-0.3, -0.25) is 0 Å². The molecule has 0 bridgehead atoms. The van der Waals surface area contributed by atoms with Crippen LogP contribution in [0.4, 0.5) is 11.4 Å². The predicted molar refractivity (Wildman–Crippen MR) is 69.6 cm³/mol. The van der Waals surface area contributed by atoms with Gasteiger partial charge in [0.15, 0.2) is 5.69 Å². The molecule has 3 N–H and O–H groups in total. The summed E-state index contributed by atoms with van der Waals surface area (Å²) in [5, 5.41) is 9.11. The minimum absolute atomic E-state index is 0.125. The molecule has 0 radical (unpaired) electrons. The van der Waals surface area contributed by atoms with Crippen molar-refractivity contribution in [2.75, 3.05) is 5.73 Å². The molecule has 0 aliphatic rings. The van der Waals surface area contributed by atoms with E-state index in [1.165, 1.54) is 0 Å². The highest BCUT2D eigenvalue weighted by Crippen LogP contribution is 2.26. The Morgan fingerprint density at radius 3 is 2.39 bits per heavy atom. The summed E-state index contributed by atoms with van der Waals surface area (Å²) < 4.78 is 5.61. The van der Waals surface area contributed by atoms with Gasteiger partial charge in [-0.1, -0.05) is 12.1 Å². The second-order valence-corrected chi connectivity index (χ2v) is 3.73. The van der Waals surface area contributed by atoms with Crippen LogP contribution in [0, 0.1) is 6.57 Å². The lowest BCUT2D eigenvalue weighted by molar-refractivity contribution is 0.282. The molecule has 2 aromatic carbocycles. The lowest BCUT2D eigenvalue weighted by Crippen LogP contribution is -1.94. The molecule has 2 rings (SSSR count). The molecule has 90 valence electrons.